The fraction of sp³-hybridized carbons (Fsp3) is 0.278. The molecule has 0 saturated heterocycles. The Hall–Kier alpha value is -1.74. The lowest BCUT2D eigenvalue weighted by Crippen LogP contribution is -2.23. The van der Waals surface area contributed by atoms with Crippen molar-refractivity contribution in [3.05, 3.63) is 64.7 Å². The van der Waals surface area contributed by atoms with Gasteiger partial charge in [-0.15, -0.1) is 0 Å². The Morgan fingerprint density at radius 3 is 2.14 bits per heavy atom. The van der Waals surface area contributed by atoms with E-state index in [1.54, 1.807) is 19.1 Å². The van der Waals surface area contributed by atoms with E-state index in [1.165, 1.54) is 0 Å². The van der Waals surface area contributed by atoms with E-state index in [2.05, 4.69) is 0 Å². The van der Waals surface area contributed by atoms with E-state index in [9.17, 15) is 9.00 Å². The highest BCUT2D eigenvalue weighted by molar-refractivity contribution is 7.86. The molecule has 0 bridgehead atoms. The van der Waals surface area contributed by atoms with Crippen LogP contribution in [0, 0.1) is 20.8 Å². The molecule has 2 aromatic rings. The summed E-state index contributed by atoms with van der Waals surface area (Å²) in [6, 6.07) is 13.3. The van der Waals surface area contributed by atoms with Crippen LogP contribution in [0.4, 0.5) is 0 Å². The van der Waals surface area contributed by atoms with Gasteiger partial charge in [0.25, 0.3) is 0 Å². The number of aryl methyl sites for hydroxylation is 3. The number of rotatable bonds is 4. The van der Waals surface area contributed by atoms with Crippen LogP contribution in [0.1, 0.15) is 34.0 Å². The monoisotopic (exact) mass is 300 g/mol. The van der Waals surface area contributed by atoms with Gasteiger partial charge in [0.05, 0.1) is 16.0 Å². The van der Waals surface area contributed by atoms with Gasteiger partial charge in [-0.1, -0.05) is 42.0 Å². The van der Waals surface area contributed by atoms with Crippen LogP contribution in [0.15, 0.2) is 47.4 Å². The van der Waals surface area contributed by atoms with Gasteiger partial charge >= 0.3 is 0 Å². The zero-order valence-electron chi connectivity index (χ0n) is 12.8. The molecule has 0 aliphatic carbocycles. The molecular formula is C18H20O2S. The first kappa shape index (κ1) is 15.6. The molecule has 0 spiro atoms. The highest BCUT2D eigenvalue weighted by atomic mass is 32.2. The van der Waals surface area contributed by atoms with Crippen LogP contribution in [0.25, 0.3) is 0 Å². The van der Waals surface area contributed by atoms with Gasteiger partial charge in [-0.25, -0.2) is 0 Å². The summed E-state index contributed by atoms with van der Waals surface area (Å²) in [5.74, 6) is -0.0748. The van der Waals surface area contributed by atoms with Crippen LogP contribution < -0.4 is 0 Å². The Labute approximate surface area is 128 Å². The molecule has 0 fully saturated rings. The third kappa shape index (κ3) is 3.48. The zero-order valence-corrected chi connectivity index (χ0v) is 13.7. The second-order valence-corrected chi connectivity index (χ2v) is 7.18. The maximum Gasteiger partial charge on any atom is 0.178 e. The molecule has 0 aliphatic heterocycles. The van der Waals surface area contributed by atoms with E-state index in [1.807, 2.05) is 51.1 Å². The smallest absolute Gasteiger partial charge is 0.178 e. The Morgan fingerprint density at radius 2 is 1.52 bits per heavy atom. The SMILES string of the molecule is Cc1ccc(C(=O)C(C)S(=O)c2cc(C)ccc2C)cc1. The third-order valence-electron chi connectivity index (χ3n) is 3.59. The van der Waals surface area contributed by atoms with Crippen molar-refractivity contribution in [1.82, 2.24) is 0 Å². The fourth-order valence-electron chi connectivity index (χ4n) is 2.16. The zero-order chi connectivity index (χ0) is 15.6. The van der Waals surface area contributed by atoms with Gasteiger partial charge in [0, 0.05) is 10.5 Å². The molecular weight excluding hydrogens is 280 g/mol. The highest BCUT2D eigenvalue weighted by Gasteiger charge is 2.23. The van der Waals surface area contributed by atoms with Crippen molar-refractivity contribution in [2.24, 2.45) is 0 Å². The number of ketones is 1. The van der Waals surface area contributed by atoms with Crippen molar-refractivity contribution >= 4 is 16.6 Å². The van der Waals surface area contributed by atoms with Crippen molar-refractivity contribution in [2.45, 2.75) is 37.8 Å². The van der Waals surface area contributed by atoms with Gasteiger partial charge in [-0.2, -0.15) is 0 Å². The molecule has 2 atom stereocenters. The van der Waals surface area contributed by atoms with Gasteiger partial charge in [0.1, 0.15) is 0 Å². The molecule has 0 saturated carbocycles. The predicted molar refractivity (Wildman–Crippen MR) is 87.3 cm³/mol. The lowest BCUT2D eigenvalue weighted by Gasteiger charge is -2.13. The number of hydrogen-bond acceptors (Lipinski definition) is 2. The van der Waals surface area contributed by atoms with E-state index in [0.29, 0.717) is 5.56 Å². The second kappa shape index (κ2) is 6.35. The molecule has 110 valence electrons. The van der Waals surface area contributed by atoms with E-state index in [0.717, 1.165) is 21.6 Å². The summed E-state index contributed by atoms with van der Waals surface area (Å²) in [5.41, 5.74) is 3.74. The minimum Gasteiger partial charge on any atom is -0.293 e. The molecule has 0 heterocycles. The maximum atomic E-state index is 12.7. The highest BCUT2D eigenvalue weighted by Crippen LogP contribution is 2.20. The van der Waals surface area contributed by atoms with Crippen LogP contribution in [-0.4, -0.2) is 15.2 Å². The molecule has 0 aliphatic rings. The summed E-state index contributed by atoms with van der Waals surface area (Å²) in [7, 11) is -1.34. The van der Waals surface area contributed by atoms with E-state index in [4.69, 9.17) is 0 Å². The minimum absolute atomic E-state index is 0.0748. The summed E-state index contributed by atoms with van der Waals surface area (Å²) in [6.07, 6.45) is 0. The Morgan fingerprint density at radius 1 is 0.952 bits per heavy atom. The minimum atomic E-state index is -1.34. The van der Waals surface area contributed by atoms with E-state index in [-0.39, 0.29) is 5.78 Å². The fourth-order valence-corrected chi connectivity index (χ4v) is 3.56. The predicted octanol–water partition coefficient (Wildman–Crippen LogP) is 3.99. The number of carbonyl (C=O) groups is 1. The van der Waals surface area contributed by atoms with Crippen molar-refractivity contribution < 1.29 is 9.00 Å². The van der Waals surface area contributed by atoms with Gasteiger partial charge < -0.3 is 0 Å². The van der Waals surface area contributed by atoms with Crippen LogP contribution in [0.5, 0.6) is 0 Å². The van der Waals surface area contributed by atoms with E-state index >= 15 is 0 Å². The molecule has 3 heteroatoms. The molecule has 2 aromatic carbocycles. The van der Waals surface area contributed by atoms with E-state index < -0.39 is 16.0 Å². The summed E-state index contributed by atoms with van der Waals surface area (Å²) in [6.45, 7) is 7.61. The average molecular weight is 300 g/mol. The van der Waals surface area contributed by atoms with Gasteiger partial charge in [-0.3, -0.25) is 9.00 Å². The quantitative estimate of drug-likeness (QED) is 0.800. The lowest BCUT2D eigenvalue weighted by molar-refractivity contribution is 0.0992. The molecule has 0 radical (unpaired) electrons. The van der Waals surface area contributed by atoms with Crippen molar-refractivity contribution in [3.8, 4) is 0 Å². The van der Waals surface area contributed by atoms with Crippen molar-refractivity contribution in [1.29, 1.82) is 0 Å². The summed E-state index contributed by atoms with van der Waals surface area (Å²) < 4.78 is 12.7. The maximum absolute atomic E-state index is 12.7. The number of hydrogen-bond donors (Lipinski definition) is 0. The average Bonchev–Trinajstić information content (AvgIpc) is 2.48. The summed E-state index contributed by atoms with van der Waals surface area (Å²) in [5, 5.41) is -0.548. The first-order valence-electron chi connectivity index (χ1n) is 6.99. The Balaban J connectivity index is 2.28. The molecule has 21 heavy (non-hydrogen) atoms. The van der Waals surface area contributed by atoms with Crippen LogP contribution in [-0.2, 0) is 10.8 Å². The summed E-state index contributed by atoms with van der Waals surface area (Å²) >= 11 is 0. The number of Topliss-reactive ketones (excluding diaryl/α,β-unsaturated/α-hetero) is 1. The molecule has 0 amide bonds. The van der Waals surface area contributed by atoms with Crippen LogP contribution in [0.3, 0.4) is 0 Å². The van der Waals surface area contributed by atoms with Crippen LogP contribution >= 0.6 is 0 Å². The van der Waals surface area contributed by atoms with Gasteiger partial charge in [0.15, 0.2) is 5.78 Å². The Bertz CT molecular complexity index is 687. The second-order valence-electron chi connectivity index (χ2n) is 5.44. The Kier molecular flexibility index (Phi) is 4.73. The molecule has 0 aromatic heterocycles. The molecule has 0 N–H and O–H groups in total. The molecule has 2 rings (SSSR count). The topological polar surface area (TPSA) is 34.1 Å². The van der Waals surface area contributed by atoms with Gasteiger partial charge in [0.2, 0.25) is 0 Å². The third-order valence-corrected chi connectivity index (χ3v) is 5.32. The number of benzene rings is 2. The van der Waals surface area contributed by atoms with Gasteiger partial charge in [-0.05, 0) is 44.9 Å². The first-order chi connectivity index (χ1) is 9.90. The standard InChI is InChI=1S/C18H20O2S/c1-12-6-9-16(10-7-12)18(19)15(4)21(20)17-11-13(2)5-8-14(17)3/h5-11,15H,1-4H3. The van der Waals surface area contributed by atoms with Crippen LogP contribution in [0.2, 0.25) is 0 Å². The summed E-state index contributed by atoms with van der Waals surface area (Å²) in [4.78, 5) is 13.2. The molecule has 2 unspecified atom stereocenters. The normalized spacial score (nSPS) is 13.7. The lowest BCUT2D eigenvalue weighted by atomic mass is 10.1. The van der Waals surface area contributed by atoms with Crippen molar-refractivity contribution in [2.75, 3.05) is 0 Å². The largest absolute Gasteiger partial charge is 0.293 e. The first-order valence-corrected chi connectivity index (χ1v) is 8.20. The molecule has 2 nitrogen and oxygen atoms in total. The van der Waals surface area contributed by atoms with Crippen molar-refractivity contribution in [3.63, 3.8) is 0 Å². The number of carbonyl (C=O) groups excluding carboxylic acids is 1.